The van der Waals surface area contributed by atoms with Crippen LogP contribution in [0.4, 0.5) is 4.79 Å². The quantitative estimate of drug-likeness (QED) is 0.392. The van der Waals surface area contributed by atoms with E-state index in [4.69, 9.17) is 4.74 Å². The van der Waals surface area contributed by atoms with Crippen LogP contribution in [0.15, 0.2) is 78.9 Å². The SMILES string of the molecule is C[C@@H](NC(=O)OCC1c2ccccc2-c2ccccc21)C(=O)NC(CN(C)Cc1ccccc1)C(=O)O. The molecule has 0 saturated carbocycles. The second-order valence-corrected chi connectivity index (χ2v) is 9.27. The standard InChI is InChI=1S/C29H31N3O5/c1-19(27(33)31-26(28(34)35)17-32(2)16-20-10-4-3-5-11-20)30-29(36)37-18-25-23-14-8-6-12-21(23)22-13-7-9-15-24(22)25/h3-15,19,25-26H,16-18H2,1-2H3,(H,30,36)(H,31,33)(H,34,35)/t19-,26?/m1/s1. The Hall–Kier alpha value is -4.17. The van der Waals surface area contributed by atoms with E-state index < -0.39 is 30.1 Å². The van der Waals surface area contributed by atoms with Crippen LogP contribution in [0.1, 0.15) is 29.5 Å². The van der Waals surface area contributed by atoms with Crippen molar-refractivity contribution in [1.82, 2.24) is 15.5 Å². The number of nitrogens with zero attached hydrogens (tertiary/aromatic N) is 1. The van der Waals surface area contributed by atoms with Gasteiger partial charge in [-0.1, -0.05) is 78.9 Å². The summed E-state index contributed by atoms with van der Waals surface area (Å²) in [5.41, 5.74) is 5.46. The van der Waals surface area contributed by atoms with Gasteiger partial charge in [0.2, 0.25) is 5.91 Å². The van der Waals surface area contributed by atoms with Gasteiger partial charge in [-0.15, -0.1) is 0 Å². The molecular formula is C29H31N3O5. The molecule has 8 heteroatoms. The minimum atomic E-state index is -1.15. The lowest BCUT2D eigenvalue weighted by Gasteiger charge is -2.24. The van der Waals surface area contributed by atoms with Crippen molar-refractivity contribution in [3.05, 3.63) is 95.6 Å². The van der Waals surface area contributed by atoms with Crippen molar-refractivity contribution in [2.45, 2.75) is 31.5 Å². The monoisotopic (exact) mass is 501 g/mol. The van der Waals surface area contributed by atoms with Crippen LogP contribution in [0.25, 0.3) is 11.1 Å². The van der Waals surface area contributed by atoms with E-state index in [1.54, 1.807) is 7.05 Å². The Kier molecular flexibility index (Phi) is 8.20. The van der Waals surface area contributed by atoms with Crippen LogP contribution in [-0.4, -0.2) is 60.3 Å². The Morgan fingerprint density at radius 3 is 2.05 bits per heavy atom. The lowest BCUT2D eigenvalue weighted by molar-refractivity contribution is -0.142. The molecule has 0 spiro atoms. The van der Waals surface area contributed by atoms with E-state index in [-0.39, 0.29) is 19.1 Å². The molecule has 0 aromatic heterocycles. The van der Waals surface area contributed by atoms with Gasteiger partial charge in [0.1, 0.15) is 18.7 Å². The number of likely N-dealkylation sites (N-methyl/N-ethyl adjacent to an activating group) is 1. The van der Waals surface area contributed by atoms with Gasteiger partial charge in [0.25, 0.3) is 0 Å². The largest absolute Gasteiger partial charge is 0.480 e. The van der Waals surface area contributed by atoms with E-state index in [0.717, 1.165) is 27.8 Å². The van der Waals surface area contributed by atoms with E-state index in [9.17, 15) is 19.5 Å². The summed E-state index contributed by atoms with van der Waals surface area (Å²) in [6.45, 7) is 2.25. The first-order chi connectivity index (χ1) is 17.8. The van der Waals surface area contributed by atoms with Crippen molar-refractivity contribution in [1.29, 1.82) is 0 Å². The van der Waals surface area contributed by atoms with Crippen molar-refractivity contribution in [2.75, 3.05) is 20.2 Å². The van der Waals surface area contributed by atoms with Crippen LogP contribution < -0.4 is 10.6 Å². The summed E-state index contributed by atoms with van der Waals surface area (Å²) < 4.78 is 5.49. The summed E-state index contributed by atoms with van der Waals surface area (Å²) in [4.78, 5) is 38.7. The zero-order valence-electron chi connectivity index (χ0n) is 20.9. The molecule has 4 rings (SSSR count). The third kappa shape index (κ3) is 6.34. The summed E-state index contributed by atoms with van der Waals surface area (Å²) in [5.74, 6) is -1.85. The molecule has 37 heavy (non-hydrogen) atoms. The minimum absolute atomic E-state index is 0.0983. The normalized spacial score (nSPS) is 13.8. The number of hydrogen-bond acceptors (Lipinski definition) is 5. The number of carboxylic acid groups (broad SMARTS) is 1. The molecule has 2 amide bonds. The highest BCUT2D eigenvalue weighted by molar-refractivity contribution is 5.89. The van der Waals surface area contributed by atoms with Crippen molar-refractivity contribution in [2.24, 2.45) is 0 Å². The molecule has 1 aliphatic rings. The number of alkyl carbamates (subject to hydrolysis) is 1. The van der Waals surface area contributed by atoms with Crippen LogP contribution in [0.2, 0.25) is 0 Å². The molecule has 3 N–H and O–H groups in total. The lowest BCUT2D eigenvalue weighted by Crippen LogP contribution is -2.53. The third-order valence-electron chi connectivity index (χ3n) is 6.48. The second kappa shape index (κ2) is 11.7. The molecule has 0 bridgehead atoms. The molecule has 192 valence electrons. The Morgan fingerprint density at radius 1 is 0.892 bits per heavy atom. The van der Waals surface area contributed by atoms with E-state index in [1.165, 1.54) is 6.92 Å². The van der Waals surface area contributed by atoms with Crippen molar-refractivity contribution in [3.8, 4) is 11.1 Å². The molecule has 3 aromatic rings. The predicted octanol–water partition coefficient (Wildman–Crippen LogP) is 3.62. The van der Waals surface area contributed by atoms with Crippen LogP contribution in [0.5, 0.6) is 0 Å². The summed E-state index contributed by atoms with van der Waals surface area (Å²) in [6, 6.07) is 23.6. The minimum Gasteiger partial charge on any atom is -0.480 e. The number of carbonyl (C=O) groups excluding carboxylic acids is 2. The van der Waals surface area contributed by atoms with Gasteiger partial charge in [-0.25, -0.2) is 9.59 Å². The molecule has 0 fully saturated rings. The summed E-state index contributed by atoms with van der Waals surface area (Å²) in [6.07, 6.45) is -0.738. The molecule has 0 aliphatic heterocycles. The zero-order valence-corrected chi connectivity index (χ0v) is 20.9. The smallest absolute Gasteiger partial charge is 0.407 e. The number of benzene rings is 3. The van der Waals surface area contributed by atoms with Gasteiger partial charge in [-0.05, 0) is 41.8 Å². The lowest BCUT2D eigenvalue weighted by atomic mass is 9.98. The van der Waals surface area contributed by atoms with Gasteiger partial charge >= 0.3 is 12.1 Å². The summed E-state index contributed by atoms with van der Waals surface area (Å²) in [7, 11) is 1.79. The fourth-order valence-electron chi connectivity index (χ4n) is 4.64. The van der Waals surface area contributed by atoms with Crippen molar-refractivity contribution in [3.63, 3.8) is 0 Å². The Morgan fingerprint density at radius 2 is 1.46 bits per heavy atom. The maximum absolute atomic E-state index is 12.7. The fraction of sp³-hybridized carbons (Fsp3) is 0.276. The molecule has 1 aliphatic carbocycles. The number of fused-ring (bicyclic) bond motifs is 3. The predicted molar refractivity (Wildman–Crippen MR) is 140 cm³/mol. The molecule has 1 unspecified atom stereocenters. The first-order valence-electron chi connectivity index (χ1n) is 12.2. The van der Waals surface area contributed by atoms with Crippen molar-refractivity contribution < 1.29 is 24.2 Å². The topological polar surface area (TPSA) is 108 Å². The first-order valence-corrected chi connectivity index (χ1v) is 12.2. The van der Waals surface area contributed by atoms with Crippen LogP contribution in [-0.2, 0) is 20.9 Å². The molecular weight excluding hydrogens is 470 g/mol. The highest BCUT2D eigenvalue weighted by Gasteiger charge is 2.30. The van der Waals surface area contributed by atoms with E-state index in [1.807, 2.05) is 71.6 Å². The van der Waals surface area contributed by atoms with Gasteiger partial charge in [0.15, 0.2) is 0 Å². The number of rotatable bonds is 10. The number of aliphatic carboxylic acids is 1. The van der Waals surface area contributed by atoms with Gasteiger partial charge in [-0.3, -0.25) is 9.69 Å². The Balaban J connectivity index is 1.29. The molecule has 8 nitrogen and oxygen atoms in total. The summed E-state index contributed by atoms with van der Waals surface area (Å²) in [5, 5.41) is 14.6. The maximum atomic E-state index is 12.7. The van der Waals surface area contributed by atoms with Gasteiger partial charge in [0.05, 0.1) is 0 Å². The highest BCUT2D eigenvalue weighted by Crippen LogP contribution is 2.44. The van der Waals surface area contributed by atoms with Crippen LogP contribution in [0.3, 0.4) is 0 Å². The van der Waals surface area contributed by atoms with Gasteiger partial charge in [-0.2, -0.15) is 0 Å². The van der Waals surface area contributed by atoms with Crippen molar-refractivity contribution >= 4 is 18.0 Å². The average Bonchev–Trinajstić information content (AvgIpc) is 3.21. The molecule has 3 aromatic carbocycles. The molecule has 2 atom stereocenters. The third-order valence-corrected chi connectivity index (χ3v) is 6.48. The maximum Gasteiger partial charge on any atom is 0.407 e. The number of amides is 2. The summed E-state index contributed by atoms with van der Waals surface area (Å²) >= 11 is 0. The number of carbonyl (C=O) groups is 3. The van der Waals surface area contributed by atoms with E-state index >= 15 is 0 Å². The molecule has 0 heterocycles. The number of nitrogens with one attached hydrogen (secondary N) is 2. The number of hydrogen-bond donors (Lipinski definition) is 3. The average molecular weight is 502 g/mol. The van der Waals surface area contributed by atoms with Crippen LogP contribution >= 0.6 is 0 Å². The second-order valence-electron chi connectivity index (χ2n) is 9.27. The Bertz CT molecular complexity index is 1220. The zero-order chi connectivity index (χ0) is 26.4. The molecule has 0 radical (unpaired) electrons. The highest BCUT2D eigenvalue weighted by atomic mass is 16.5. The number of carboxylic acids is 1. The van der Waals surface area contributed by atoms with Crippen LogP contribution in [0, 0.1) is 0 Å². The molecule has 0 saturated heterocycles. The Labute approximate surface area is 216 Å². The number of ether oxygens (including phenoxy) is 1. The van der Waals surface area contributed by atoms with E-state index in [2.05, 4.69) is 22.8 Å². The first kappa shape index (κ1) is 25.9. The van der Waals surface area contributed by atoms with E-state index in [0.29, 0.717) is 6.54 Å². The fourth-order valence-corrected chi connectivity index (χ4v) is 4.64. The van der Waals surface area contributed by atoms with Gasteiger partial charge in [0, 0.05) is 19.0 Å². The van der Waals surface area contributed by atoms with Gasteiger partial charge < -0.3 is 20.5 Å².